The van der Waals surface area contributed by atoms with E-state index >= 15 is 0 Å². The third kappa shape index (κ3) is 3.55. The minimum atomic E-state index is -0.171. The van der Waals surface area contributed by atoms with E-state index in [2.05, 4.69) is 64.1 Å². The summed E-state index contributed by atoms with van der Waals surface area (Å²) in [7, 11) is 1.94. The van der Waals surface area contributed by atoms with E-state index in [4.69, 9.17) is 15.3 Å². The largest absolute Gasteiger partial charge is 0.443 e. The first-order valence-corrected chi connectivity index (χ1v) is 11.3. The van der Waals surface area contributed by atoms with E-state index in [0.29, 0.717) is 19.0 Å². The summed E-state index contributed by atoms with van der Waals surface area (Å²) in [5, 5.41) is 15.7. The van der Waals surface area contributed by atoms with Crippen LogP contribution in [0.25, 0.3) is 11.4 Å². The number of benzene rings is 2. The number of furan rings is 1. The molecule has 6 heteroatoms. The van der Waals surface area contributed by atoms with Crippen molar-refractivity contribution >= 4 is 23.0 Å². The van der Waals surface area contributed by atoms with E-state index in [1.54, 1.807) is 0 Å². The lowest BCUT2D eigenvalue weighted by molar-refractivity contribution is 0.253. The van der Waals surface area contributed by atoms with Gasteiger partial charge < -0.3 is 30.8 Å². The lowest BCUT2D eigenvalue weighted by atomic mass is 9.73. The van der Waals surface area contributed by atoms with Crippen molar-refractivity contribution in [2.45, 2.75) is 31.3 Å². The Bertz CT molecular complexity index is 1110. The Labute approximate surface area is 188 Å². The molecule has 32 heavy (non-hydrogen) atoms. The molecule has 0 spiro atoms. The van der Waals surface area contributed by atoms with Gasteiger partial charge in [-0.05, 0) is 37.0 Å². The first-order valence-electron chi connectivity index (χ1n) is 11.3. The Morgan fingerprint density at radius 2 is 1.84 bits per heavy atom. The van der Waals surface area contributed by atoms with Gasteiger partial charge in [0, 0.05) is 42.0 Å². The summed E-state index contributed by atoms with van der Waals surface area (Å²) in [6.45, 7) is 1.11. The van der Waals surface area contributed by atoms with Crippen molar-refractivity contribution in [2.75, 3.05) is 30.4 Å². The first-order chi connectivity index (χ1) is 15.6. The van der Waals surface area contributed by atoms with Crippen molar-refractivity contribution in [2.24, 2.45) is 5.73 Å². The summed E-state index contributed by atoms with van der Waals surface area (Å²) in [5.74, 6) is 1.55. The van der Waals surface area contributed by atoms with E-state index in [0.717, 1.165) is 46.8 Å². The maximum atomic E-state index is 9.17. The fourth-order valence-corrected chi connectivity index (χ4v) is 4.70. The molecule has 1 saturated carbocycles. The van der Waals surface area contributed by atoms with Crippen LogP contribution < -0.4 is 21.3 Å². The monoisotopic (exact) mass is 430 g/mol. The quantitative estimate of drug-likeness (QED) is 0.452. The molecule has 0 radical (unpaired) electrons. The van der Waals surface area contributed by atoms with Gasteiger partial charge in [-0.25, -0.2) is 0 Å². The van der Waals surface area contributed by atoms with Crippen LogP contribution in [-0.2, 0) is 12.1 Å². The SMILES string of the molecule is CNC1=C(c2ccccc2)N(c2ccc(C3(N)CCC3)cc2)Cc2oc(NCCO)cc21. The van der Waals surface area contributed by atoms with Gasteiger partial charge in [-0.3, -0.25) is 0 Å². The van der Waals surface area contributed by atoms with Crippen LogP contribution in [0.2, 0.25) is 0 Å². The summed E-state index contributed by atoms with van der Waals surface area (Å²) < 4.78 is 6.12. The van der Waals surface area contributed by atoms with Crippen molar-refractivity contribution in [1.29, 1.82) is 0 Å². The standard InChI is InChI=1S/C26H30N4O2/c1-28-24-21-16-23(29-14-15-31)32-22(21)17-30(25(24)18-6-3-2-4-7-18)20-10-8-19(9-11-20)26(27)12-5-13-26/h2-4,6-11,16,28-29,31H,5,12-15,17,27H2,1H3. The summed E-state index contributed by atoms with van der Waals surface area (Å²) in [5.41, 5.74) is 13.0. The highest BCUT2D eigenvalue weighted by atomic mass is 16.4. The van der Waals surface area contributed by atoms with Gasteiger partial charge in [-0.1, -0.05) is 42.5 Å². The lowest BCUT2D eigenvalue weighted by Crippen LogP contribution is -2.43. The zero-order valence-electron chi connectivity index (χ0n) is 18.4. The van der Waals surface area contributed by atoms with Crippen molar-refractivity contribution in [3.05, 3.63) is 83.1 Å². The minimum Gasteiger partial charge on any atom is -0.443 e. The third-order valence-corrected chi connectivity index (χ3v) is 6.59. The topological polar surface area (TPSA) is 86.7 Å². The van der Waals surface area contributed by atoms with Gasteiger partial charge in [0.15, 0.2) is 5.88 Å². The number of aliphatic hydroxyl groups is 1. The van der Waals surface area contributed by atoms with Crippen LogP contribution in [0.3, 0.4) is 0 Å². The molecule has 2 aliphatic rings. The van der Waals surface area contributed by atoms with Crippen LogP contribution in [-0.4, -0.2) is 25.3 Å². The number of anilines is 2. The highest BCUT2D eigenvalue weighted by Crippen LogP contribution is 2.43. The Morgan fingerprint density at radius 1 is 1.09 bits per heavy atom. The number of fused-ring (bicyclic) bond motifs is 1. The highest BCUT2D eigenvalue weighted by molar-refractivity contribution is 5.99. The molecule has 5 rings (SSSR count). The van der Waals surface area contributed by atoms with Crippen molar-refractivity contribution in [1.82, 2.24) is 5.32 Å². The molecular formula is C26H30N4O2. The molecule has 0 bridgehead atoms. The molecule has 0 atom stereocenters. The second-order valence-electron chi connectivity index (χ2n) is 8.58. The maximum absolute atomic E-state index is 9.17. The molecule has 166 valence electrons. The molecule has 1 aromatic heterocycles. The molecule has 6 nitrogen and oxygen atoms in total. The molecular weight excluding hydrogens is 400 g/mol. The summed E-state index contributed by atoms with van der Waals surface area (Å²) in [6, 6.07) is 21.1. The Morgan fingerprint density at radius 3 is 2.47 bits per heavy atom. The molecule has 1 aliphatic carbocycles. The van der Waals surface area contributed by atoms with Crippen molar-refractivity contribution in [3.8, 4) is 0 Å². The van der Waals surface area contributed by atoms with E-state index < -0.39 is 0 Å². The van der Waals surface area contributed by atoms with E-state index in [9.17, 15) is 0 Å². The Kier molecular flexibility index (Phi) is 5.41. The van der Waals surface area contributed by atoms with Gasteiger partial charge in [0.25, 0.3) is 0 Å². The number of nitrogens with zero attached hydrogens (tertiary/aromatic N) is 1. The molecule has 1 fully saturated rings. The molecule has 2 heterocycles. The van der Waals surface area contributed by atoms with Crippen LogP contribution in [0.15, 0.2) is 65.1 Å². The van der Waals surface area contributed by atoms with Crippen LogP contribution in [0.5, 0.6) is 0 Å². The van der Waals surface area contributed by atoms with Gasteiger partial charge in [-0.15, -0.1) is 0 Å². The van der Waals surface area contributed by atoms with Crippen molar-refractivity contribution < 1.29 is 9.52 Å². The second-order valence-corrected chi connectivity index (χ2v) is 8.58. The van der Waals surface area contributed by atoms with Gasteiger partial charge >= 0.3 is 0 Å². The Balaban J connectivity index is 1.59. The van der Waals surface area contributed by atoms with Crippen LogP contribution in [0, 0.1) is 0 Å². The number of nitrogens with two attached hydrogens (primary N) is 1. The molecule has 0 unspecified atom stereocenters. The zero-order valence-corrected chi connectivity index (χ0v) is 18.4. The van der Waals surface area contributed by atoms with Crippen LogP contribution in [0.4, 0.5) is 11.6 Å². The molecule has 0 amide bonds. The number of nitrogens with one attached hydrogen (secondary N) is 2. The average Bonchev–Trinajstić information content (AvgIpc) is 3.23. The van der Waals surface area contributed by atoms with Gasteiger partial charge in [0.2, 0.25) is 0 Å². The fourth-order valence-electron chi connectivity index (χ4n) is 4.70. The average molecular weight is 431 g/mol. The van der Waals surface area contributed by atoms with Crippen LogP contribution >= 0.6 is 0 Å². The number of hydrogen-bond donors (Lipinski definition) is 4. The smallest absolute Gasteiger partial charge is 0.193 e. The highest BCUT2D eigenvalue weighted by Gasteiger charge is 2.35. The van der Waals surface area contributed by atoms with E-state index in [1.165, 1.54) is 12.0 Å². The van der Waals surface area contributed by atoms with Gasteiger partial charge in [0.05, 0.1) is 24.5 Å². The zero-order chi connectivity index (χ0) is 22.1. The molecule has 0 saturated heterocycles. The lowest BCUT2D eigenvalue weighted by Gasteiger charge is -2.39. The number of hydrogen-bond acceptors (Lipinski definition) is 6. The predicted octanol–water partition coefficient (Wildman–Crippen LogP) is 4.09. The summed E-state index contributed by atoms with van der Waals surface area (Å²) >= 11 is 0. The minimum absolute atomic E-state index is 0.0520. The van der Waals surface area contributed by atoms with E-state index in [-0.39, 0.29) is 12.1 Å². The molecule has 2 aromatic carbocycles. The fraction of sp³-hybridized carbons (Fsp3) is 0.308. The molecule has 1 aliphatic heterocycles. The normalized spacial score (nSPS) is 17.0. The van der Waals surface area contributed by atoms with Gasteiger partial charge in [0.1, 0.15) is 5.76 Å². The Hall–Kier alpha value is -3.22. The summed E-state index contributed by atoms with van der Waals surface area (Å²) in [4.78, 5) is 2.29. The van der Waals surface area contributed by atoms with Crippen LogP contribution in [0.1, 0.15) is 41.7 Å². The number of aliphatic hydroxyl groups excluding tert-OH is 1. The predicted molar refractivity (Wildman–Crippen MR) is 129 cm³/mol. The van der Waals surface area contributed by atoms with E-state index in [1.807, 2.05) is 19.2 Å². The van der Waals surface area contributed by atoms with Gasteiger partial charge in [-0.2, -0.15) is 0 Å². The maximum Gasteiger partial charge on any atom is 0.193 e. The summed E-state index contributed by atoms with van der Waals surface area (Å²) in [6.07, 6.45) is 3.30. The second kappa shape index (κ2) is 8.37. The molecule has 5 N–H and O–H groups in total. The van der Waals surface area contributed by atoms with Crippen molar-refractivity contribution in [3.63, 3.8) is 0 Å². The third-order valence-electron chi connectivity index (χ3n) is 6.59. The number of rotatable bonds is 7. The molecule has 3 aromatic rings. The first kappa shape index (κ1) is 20.7.